The number of rotatable bonds is 7. The summed E-state index contributed by atoms with van der Waals surface area (Å²) in [6.45, 7) is -0.415. The molecule has 1 heterocycles. The van der Waals surface area contributed by atoms with Gasteiger partial charge in [-0.2, -0.15) is 0 Å². The van der Waals surface area contributed by atoms with Crippen LogP contribution in [0.5, 0.6) is 0 Å². The standard InChI is InChI=1S/C18H23FN2O5S/c19-12-4-7-15(8-5-12)27(24,25)21-16-9-6-14(26-17(16)11-22)10-18(23)20-13-2-1-3-13/h4-9,13-14,16-17,21-22H,1-3,10-11H2,(H,20,23)/t14-,16-,17+/m0/s1. The maximum Gasteiger partial charge on any atom is 0.241 e. The minimum absolute atomic E-state index is 0.0870. The van der Waals surface area contributed by atoms with E-state index in [1.165, 1.54) is 0 Å². The Morgan fingerprint density at radius 3 is 2.52 bits per heavy atom. The van der Waals surface area contributed by atoms with Gasteiger partial charge in [0.05, 0.1) is 30.1 Å². The average Bonchev–Trinajstić information content (AvgIpc) is 2.59. The van der Waals surface area contributed by atoms with Crippen LogP contribution in [-0.4, -0.2) is 50.3 Å². The largest absolute Gasteiger partial charge is 0.394 e. The Morgan fingerprint density at radius 2 is 1.93 bits per heavy atom. The van der Waals surface area contributed by atoms with Crippen LogP contribution in [0, 0.1) is 5.82 Å². The molecule has 1 fully saturated rings. The smallest absolute Gasteiger partial charge is 0.241 e. The highest BCUT2D eigenvalue weighted by Gasteiger charge is 2.32. The van der Waals surface area contributed by atoms with Gasteiger partial charge in [-0.3, -0.25) is 4.79 Å². The van der Waals surface area contributed by atoms with Crippen LogP contribution < -0.4 is 10.0 Å². The maximum atomic E-state index is 13.0. The van der Waals surface area contributed by atoms with E-state index in [2.05, 4.69) is 10.0 Å². The van der Waals surface area contributed by atoms with Crippen molar-refractivity contribution >= 4 is 15.9 Å². The fourth-order valence-corrected chi connectivity index (χ4v) is 4.21. The molecule has 0 saturated heterocycles. The van der Waals surface area contributed by atoms with E-state index >= 15 is 0 Å². The summed E-state index contributed by atoms with van der Waals surface area (Å²) in [5, 5.41) is 12.5. The summed E-state index contributed by atoms with van der Waals surface area (Å²) < 4.78 is 45.9. The molecule has 0 radical (unpaired) electrons. The number of sulfonamides is 1. The zero-order chi connectivity index (χ0) is 19.4. The molecule has 3 N–H and O–H groups in total. The molecule has 148 valence electrons. The van der Waals surface area contributed by atoms with E-state index in [1.54, 1.807) is 12.2 Å². The minimum Gasteiger partial charge on any atom is -0.394 e. The van der Waals surface area contributed by atoms with Gasteiger partial charge >= 0.3 is 0 Å². The van der Waals surface area contributed by atoms with Crippen LogP contribution in [0.4, 0.5) is 4.39 Å². The van der Waals surface area contributed by atoms with Crippen molar-refractivity contribution in [2.45, 2.75) is 54.9 Å². The third-order valence-electron chi connectivity index (χ3n) is 4.74. The van der Waals surface area contributed by atoms with Crippen molar-refractivity contribution in [1.29, 1.82) is 0 Å². The van der Waals surface area contributed by atoms with E-state index in [0.717, 1.165) is 43.5 Å². The number of ether oxygens (including phenoxy) is 1. The molecule has 3 atom stereocenters. The van der Waals surface area contributed by atoms with Gasteiger partial charge < -0.3 is 15.2 Å². The first-order valence-electron chi connectivity index (χ1n) is 8.89. The van der Waals surface area contributed by atoms with Crippen LogP contribution in [-0.2, 0) is 19.6 Å². The molecule has 0 bridgehead atoms. The predicted molar refractivity (Wildman–Crippen MR) is 95.8 cm³/mol. The third-order valence-corrected chi connectivity index (χ3v) is 6.21. The summed E-state index contributed by atoms with van der Waals surface area (Å²) in [6, 6.07) is 3.87. The molecule has 3 rings (SSSR count). The third kappa shape index (κ3) is 5.13. The Balaban J connectivity index is 1.62. The van der Waals surface area contributed by atoms with Crippen LogP contribution in [0.25, 0.3) is 0 Å². The summed E-state index contributed by atoms with van der Waals surface area (Å²) >= 11 is 0. The minimum atomic E-state index is -3.91. The summed E-state index contributed by atoms with van der Waals surface area (Å²) in [5.41, 5.74) is 0. The highest BCUT2D eigenvalue weighted by atomic mass is 32.2. The topological polar surface area (TPSA) is 105 Å². The van der Waals surface area contributed by atoms with Crippen LogP contribution in [0.2, 0.25) is 0 Å². The molecule has 2 aliphatic rings. The van der Waals surface area contributed by atoms with Gasteiger partial charge in [-0.1, -0.05) is 12.2 Å². The zero-order valence-corrected chi connectivity index (χ0v) is 15.5. The number of hydrogen-bond donors (Lipinski definition) is 3. The first-order valence-corrected chi connectivity index (χ1v) is 10.4. The van der Waals surface area contributed by atoms with E-state index in [9.17, 15) is 22.7 Å². The predicted octanol–water partition coefficient (Wildman–Crippen LogP) is 0.847. The monoisotopic (exact) mass is 398 g/mol. The lowest BCUT2D eigenvalue weighted by atomic mass is 9.93. The van der Waals surface area contributed by atoms with E-state index in [-0.39, 0.29) is 23.3 Å². The first-order chi connectivity index (χ1) is 12.9. The SMILES string of the molecule is O=C(C[C@@H]1C=C[C@H](NS(=O)(=O)c2ccc(F)cc2)[C@@H](CO)O1)NC1CCC1. The summed E-state index contributed by atoms with van der Waals surface area (Å²) in [6.07, 6.45) is 5.03. The number of halogens is 1. The molecule has 9 heteroatoms. The lowest BCUT2D eigenvalue weighted by Crippen LogP contribution is -2.49. The number of carbonyl (C=O) groups excluding carboxylic acids is 1. The van der Waals surface area contributed by atoms with Crippen LogP contribution in [0.3, 0.4) is 0 Å². The molecule has 0 aromatic heterocycles. The molecule has 1 aliphatic heterocycles. The molecule has 1 amide bonds. The quantitative estimate of drug-likeness (QED) is 0.591. The molecule has 1 aromatic rings. The fraction of sp³-hybridized carbons (Fsp3) is 0.500. The van der Waals surface area contributed by atoms with Crippen molar-refractivity contribution in [3.05, 3.63) is 42.2 Å². The van der Waals surface area contributed by atoms with Crippen molar-refractivity contribution in [1.82, 2.24) is 10.0 Å². The second kappa shape index (κ2) is 8.47. The molecule has 27 heavy (non-hydrogen) atoms. The van der Waals surface area contributed by atoms with E-state index < -0.39 is 40.7 Å². The number of carbonyl (C=O) groups is 1. The Bertz CT molecular complexity index is 792. The van der Waals surface area contributed by atoms with Gasteiger partial charge in [0.1, 0.15) is 11.9 Å². The van der Waals surface area contributed by atoms with Crippen LogP contribution in [0.15, 0.2) is 41.3 Å². The van der Waals surface area contributed by atoms with Gasteiger partial charge in [0, 0.05) is 6.04 Å². The lowest BCUT2D eigenvalue weighted by Gasteiger charge is -2.32. The Labute approximate surface area is 157 Å². The Morgan fingerprint density at radius 1 is 1.22 bits per heavy atom. The molecule has 1 aromatic carbocycles. The van der Waals surface area contributed by atoms with Crippen molar-refractivity contribution in [3.63, 3.8) is 0 Å². The Kier molecular flexibility index (Phi) is 6.25. The van der Waals surface area contributed by atoms with Crippen LogP contribution in [0.1, 0.15) is 25.7 Å². The number of nitrogens with one attached hydrogen (secondary N) is 2. The number of benzene rings is 1. The summed E-state index contributed by atoms with van der Waals surface area (Å²) in [5.74, 6) is -0.664. The molecule has 1 saturated carbocycles. The van der Waals surface area contributed by atoms with E-state index in [1.807, 2.05) is 0 Å². The lowest BCUT2D eigenvalue weighted by molar-refractivity contribution is -0.126. The molecule has 0 unspecified atom stereocenters. The second-order valence-corrected chi connectivity index (χ2v) is 8.49. The second-order valence-electron chi connectivity index (χ2n) is 6.78. The number of aliphatic hydroxyl groups is 1. The van der Waals surface area contributed by atoms with Gasteiger partial charge in [-0.25, -0.2) is 17.5 Å². The van der Waals surface area contributed by atoms with Gasteiger partial charge in [0.15, 0.2) is 0 Å². The normalized spacial score (nSPS) is 25.8. The fourth-order valence-electron chi connectivity index (χ4n) is 2.99. The highest BCUT2D eigenvalue weighted by molar-refractivity contribution is 7.89. The number of hydrogen-bond acceptors (Lipinski definition) is 5. The van der Waals surface area contributed by atoms with Crippen LogP contribution >= 0.6 is 0 Å². The zero-order valence-electron chi connectivity index (χ0n) is 14.7. The van der Waals surface area contributed by atoms with Crippen molar-refractivity contribution in [2.75, 3.05) is 6.61 Å². The number of amides is 1. The van der Waals surface area contributed by atoms with Gasteiger partial charge in [-0.15, -0.1) is 0 Å². The molecular formula is C18H23FN2O5S. The molecular weight excluding hydrogens is 375 g/mol. The Hall–Kier alpha value is -1.81. The average molecular weight is 398 g/mol. The van der Waals surface area contributed by atoms with Crippen molar-refractivity contribution in [2.24, 2.45) is 0 Å². The number of aliphatic hydroxyl groups excluding tert-OH is 1. The first kappa shape index (κ1) is 19.9. The van der Waals surface area contributed by atoms with Gasteiger partial charge in [0.2, 0.25) is 15.9 Å². The van der Waals surface area contributed by atoms with Gasteiger partial charge in [0.25, 0.3) is 0 Å². The van der Waals surface area contributed by atoms with Gasteiger partial charge in [-0.05, 0) is 43.5 Å². The molecule has 7 nitrogen and oxygen atoms in total. The van der Waals surface area contributed by atoms with E-state index in [0.29, 0.717) is 0 Å². The van der Waals surface area contributed by atoms with E-state index in [4.69, 9.17) is 4.74 Å². The molecule has 0 spiro atoms. The van der Waals surface area contributed by atoms with Crippen molar-refractivity contribution in [3.8, 4) is 0 Å². The maximum absolute atomic E-state index is 13.0. The van der Waals surface area contributed by atoms with Crippen molar-refractivity contribution < 1.29 is 27.4 Å². The summed E-state index contributed by atoms with van der Waals surface area (Å²) in [4.78, 5) is 11.9. The highest BCUT2D eigenvalue weighted by Crippen LogP contribution is 2.21. The summed E-state index contributed by atoms with van der Waals surface area (Å²) in [7, 11) is -3.91. The molecule has 1 aliphatic carbocycles.